The van der Waals surface area contributed by atoms with Crippen LogP contribution in [0.15, 0.2) is 24.3 Å². The van der Waals surface area contributed by atoms with Crippen molar-refractivity contribution in [3.63, 3.8) is 0 Å². The van der Waals surface area contributed by atoms with E-state index >= 15 is 0 Å². The average molecular weight is 280 g/mol. The molecule has 6 heteroatoms. The van der Waals surface area contributed by atoms with Gasteiger partial charge in [-0.1, -0.05) is 13.3 Å². The van der Waals surface area contributed by atoms with E-state index in [0.29, 0.717) is 6.42 Å². The molecule has 1 aromatic rings. The zero-order chi connectivity index (χ0) is 15.1. The number of carbonyl (C=O) groups excluding carboxylic acids is 1. The van der Waals surface area contributed by atoms with Gasteiger partial charge in [0.2, 0.25) is 0 Å². The Bertz CT molecular complexity index is 457. The van der Waals surface area contributed by atoms with Crippen LogP contribution in [0.3, 0.4) is 0 Å². The fourth-order valence-corrected chi connectivity index (χ4v) is 1.76. The minimum absolute atomic E-state index is 0.0590. The number of esters is 1. The summed E-state index contributed by atoms with van der Waals surface area (Å²) >= 11 is 0. The summed E-state index contributed by atoms with van der Waals surface area (Å²) in [5, 5.41) is 10.5. The van der Waals surface area contributed by atoms with Gasteiger partial charge in [0, 0.05) is 18.2 Å². The van der Waals surface area contributed by atoms with Crippen LogP contribution in [0.4, 0.5) is 5.69 Å². The van der Waals surface area contributed by atoms with Crippen LogP contribution in [0, 0.1) is 10.1 Å². The Kier molecular flexibility index (Phi) is 6.11. The van der Waals surface area contributed by atoms with Crippen LogP contribution in [-0.2, 0) is 4.74 Å². The van der Waals surface area contributed by atoms with Crippen molar-refractivity contribution in [2.24, 2.45) is 5.73 Å². The van der Waals surface area contributed by atoms with E-state index in [1.54, 1.807) is 6.92 Å². The molecule has 1 unspecified atom stereocenters. The number of benzene rings is 1. The molecule has 1 aromatic carbocycles. The van der Waals surface area contributed by atoms with Crippen LogP contribution < -0.4 is 5.73 Å². The number of nitrogens with zero attached hydrogens (tertiary/aromatic N) is 1. The topological polar surface area (TPSA) is 95.5 Å². The minimum Gasteiger partial charge on any atom is -0.457 e. The van der Waals surface area contributed by atoms with Crippen molar-refractivity contribution in [2.45, 2.75) is 45.3 Å². The number of nitrogens with two attached hydrogens (primary N) is 1. The Morgan fingerprint density at radius 1 is 1.40 bits per heavy atom. The van der Waals surface area contributed by atoms with Gasteiger partial charge in [0.1, 0.15) is 6.10 Å². The molecule has 0 saturated carbocycles. The van der Waals surface area contributed by atoms with Gasteiger partial charge in [-0.25, -0.2) is 4.79 Å². The molecule has 0 radical (unpaired) electrons. The number of hydrogen-bond acceptors (Lipinski definition) is 5. The van der Waals surface area contributed by atoms with Gasteiger partial charge in [0.25, 0.3) is 5.69 Å². The standard InChI is InChI=1S/C14H20N2O4/c1-3-4-5-13(10(2)15)20-14(17)11-6-8-12(9-7-11)16(18)19/h6-10,13H,3-5,15H2,1-2H3/t10-,13?/m0/s1. The molecular weight excluding hydrogens is 260 g/mol. The van der Waals surface area contributed by atoms with Gasteiger partial charge in [-0.05, 0) is 31.9 Å². The van der Waals surface area contributed by atoms with E-state index in [9.17, 15) is 14.9 Å². The zero-order valence-corrected chi connectivity index (χ0v) is 11.7. The normalized spacial score (nSPS) is 13.6. The predicted octanol–water partition coefficient (Wildman–Crippen LogP) is 2.66. The lowest BCUT2D eigenvalue weighted by Gasteiger charge is -2.21. The molecule has 0 aliphatic carbocycles. The number of unbranched alkanes of at least 4 members (excludes halogenated alkanes) is 1. The fourth-order valence-electron chi connectivity index (χ4n) is 1.76. The van der Waals surface area contributed by atoms with Crippen molar-refractivity contribution >= 4 is 11.7 Å². The first-order valence-electron chi connectivity index (χ1n) is 6.66. The number of hydrogen-bond donors (Lipinski definition) is 1. The van der Waals surface area contributed by atoms with Crippen LogP contribution in [0.5, 0.6) is 0 Å². The second-order valence-electron chi connectivity index (χ2n) is 4.75. The average Bonchev–Trinajstić information content (AvgIpc) is 2.42. The molecule has 0 aliphatic rings. The van der Waals surface area contributed by atoms with E-state index in [1.807, 2.05) is 0 Å². The molecule has 0 amide bonds. The van der Waals surface area contributed by atoms with Crippen molar-refractivity contribution < 1.29 is 14.5 Å². The third-order valence-corrected chi connectivity index (χ3v) is 3.00. The number of nitro groups is 1. The molecule has 20 heavy (non-hydrogen) atoms. The fraction of sp³-hybridized carbons (Fsp3) is 0.500. The summed E-state index contributed by atoms with van der Waals surface area (Å²) in [7, 11) is 0. The van der Waals surface area contributed by atoms with Gasteiger partial charge in [-0.2, -0.15) is 0 Å². The van der Waals surface area contributed by atoms with Crippen molar-refractivity contribution in [3.05, 3.63) is 39.9 Å². The maximum absolute atomic E-state index is 12.0. The van der Waals surface area contributed by atoms with Crippen molar-refractivity contribution in [3.8, 4) is 0 Å². The Balaban J connectivity index is 2.70. The second kappa shape index (κ2) is 7.59. The minimum atomic E-state index is -0.513. The van der Waals surface area contributed by atoms with Crippen LogP contribution in [0.1, 0.15) is 43.5 Å². The third-order valence-electron chi connectivity index (χ3n) is 3.00. The highest BCUT2D eigenvalue weighted by atomic mass is 16.6. The van der Waals surface area contributed by atoms with Gasteiger partial charge < -0.3 is 10.5 Å². The van der Waals surface area contributed by atoms with Crippen molar-refractivity contribution in [2.75, 3.05) is 0 Å². The Morgan fingerprint density at radius 3 is 2.45 bits per heavy atom. The lowest BCUT2D eigenvalue weighted by molar-refractivity contribution is -0.384. The van der Waals surface area contributed by atoms with E-state index in [1.165, 1.54) is 24.3 Å². The van der Waals surface area contributed by atoms with Crippen LogP contribution in [0.25, 0.3) is 0 Å². The van der Waals surface area contributed by atoms with Gasteiger partial charge in [-0.15, -0.1) is 0 Å². The van der Waals surface area contributed by atoms with Crippen LogP contribution in [0.2, 0.25) is 0 Å². The third kappa shape index (κ3) is 4.62. The molecular formula is C14H20N2O4. The lowest BCUT2D eigenvalue weighted by atomic mass is 10.1. The summed E-state index contributed by atoms with van der Waals surface area (Å²) in [5.74, 6) is -0.502. The van der Waals surface area contributed by atoms with Gasteiger partial charge >= 0.3 is 5.97 Å². The first kappa shape index (κ1) is 16.1. The lowest BCUT2D eigenvalue weighted by Crippen LogP contribution is -2.35. The quantitative estimate of drug-likeness (QED) is 0.470. The molecule has 6 nitrogen and oxygen atoms in total. The first-order valence-corrected chi connectivity index (χ1v) is 6.66. The molecule has 0 fully saturated rings. The predicted molar refractivity (Wildman–Crippen MR) is 75.5 cm³/mol. The molecule has 0 aliphatic heterocycles. The van der Waals surface area contributed by atoms with E-state index < -0.39 is 10.9 Å². The number of non-ortho nitro benzene ring substituents is 1. The summed E-state index contributed by atoms with van der Waals surface area (Å²) in [6.45, 7) is 3.85. The number of rotatable bonds is 7. The summed E-state index contributed by atoms with van der Waals surface area (Å²) in [6, 6.07) is 5.09. The smallest absolute Gasteiger partial charge is 0.338 e. The highest BCUT2D eigenvalue weighted by molar-refractivity contribution is 5.89. The van der Waals surface area contributed by atoms with Gasteiger partial charge in [-0.3, -0.25) is 10.1 Å². The molecule has 0 spiro atoms. The summed E-state index contributed by atoms with van der Waals surface area (Å²) in [4.78, 5) is 22.0. The molecule has 2 atom stereocenters. The van der Waals surface area contributed by atoms with E-state index in [4.69, 9.17) is 10.5 Å². The van der Waals surface area contributed by atoms with Gasteiger partial charge in [0.05, 0.1) is 10.5 Å². The Morgan fingerprint density at radius 2 is 2.00 bits per heavy atom. The van der Waals surface area contributed by atoms with Crippen LogP contribution >= 0.6 is 0 Å². The monoisotopic (exact) mass is 280 g/mol. The van der Waals surface area contributed by atoms with E-state index in [2.05, 4.69) is 6.92 Å². The Hall–Kier alpha value is -1.95. The summed E-state index contributed by atoms with van der Waals surface area (Å²) in [6.07, 6.45) is 2.31. The number of carbonyl (C=O) groups is 1. The highest BCUT2D eigenvalue weighted by Crippen LogP contribution is 2.15. The van der Waals surface area contributed by atoms with E-state index in [-0.39, 0.29) is 23.4 Å². The number of nitro benzene ring substituents is 1. The van der Waals surface area contributed by atoms with Crippen molar-refractivity contribution in [1.82, 2.24) is 0 Å². The molecule has 0 aromatic heterocycles. The molecule has 0 saturated heterocycles. The summed E-state index contributed by atoms with van der Waals surface area (Å²) < 4.78 is 5.37. The van der Waals surface area contributed by atoms with Crippen LogP contribution in [-0.4, -0.2) is 23.0 Å². The zero-order valence-electron chi connectivity index (χ0n) is 11.7. The molecule has 0 bridgehead atoms. The SMILES string of the molecule is CCCCC(OC(=O)c1ccc([N+](=O)[O-])cc1)[C@H](C)N. The Labute approximate surface area is 118 Å². The molecule has 110 valence electrons. The van der Waals surface area contributed by atoms with Crippen molar-refractivity contribution in [1.29, 1.82) is 0 Å². The molecule has 1 rings (SSSR count). The van der Waals surface area contributed by atoms with E-state index in [0.717, 1.165) is 12.8 Å². The molecule has 0 heterocycles. The first-order chi connectivity index (χ1) is 9.45. The second-order valence-corrected chi connectivity index (χ2v) is 4.75. The number of ether oxygens (including phenoxy) is 1. The summed E-state index contributed by atoms with van der Waals surface area (Å²) in [5.41, 5.74) is 6.03. The molecule has 2 N–H and O–H groups in total. The maximum atomic E-state index is 12.0. The largest absolute Gasteiger partial charge is 0.457 e. The maximum Gasteiger partial charge on any atom is 0.338 e. The highest BCUT2D eigenvalue weighted by Gasteiger charge is 2.19. The van der Waals surface area contributed by atoms with Gasteiger partial charge in [0.15, 0.2) is 0 Å².